The van der Waals surface area contributed by atoms with Crippen molar-refractivity contribution in [3.8, 4) is 5.75 Å². The van der Waals surface area contributed by atoms with Gasteiger partial charge in [0.25, 0.3) is 0 Å². The van der Waals surface area contributed by atoms with Crippen LogP contribution >= 0.6 is 0 Å². The van der Waals surface area contributed by atoms with Gasteiger partial charge in [-0.3, -0.25) is 9.59 Å². The molecule has 0 amide bonds. The van der Waals surface area contributed by atoms with E-state index in [-0.39, 0.29) is 11.3 Å². The predicted molar refractivity (Wildman–Crippen MR) is 64.3 cm³/mol. The lowest BCUT2D eigenvalue weighted by Crippen LogP contribution is -2.04. The van der Waals surface area contributed by atoms with Crippen LogP contribution in [0.5, 0.6) is 5.75 Å². The summed E-state index contributed by atoms with van der Waals surface area (Å²) in [6.07, 6.45) is 0. The van der Waals surface area contributed by atoms with E-state index in [9.17, 15) is 14.7 Å². The van der Waals surface area contributed by atoms with Gasteiger partial charge in [-0.05, 0) is 12.1 Å². The minimum atomic E-state index is -0.561. The Balaban J connectivity index is 2.57. The molecule has 17 heavy (non-hydrogen) atoms. The van der Waals surface area contributed by atoms with Gasteiger partial charge in [-0.2, -0.15) is 0 Å². The minimum absolute atomic E-state index is 0.0196. The molecule has 1 N–H and O–H groups in total. The Morgan fingerprint density at radius 1 is 0.882 bits per heavy atom. The molecule has 0 fully saturated rings. The van der Waals surface area contributed by atoms with E-state index in [2.05, 4.69) is 0 Å². The third-order valence-corrected chi connectivity index (χ3v) is 2.39. The van der Waals surface area contributed by atoms with Crippen LogP contribution in [0.1, 0.15) is 15.9 Å². The number of benzene rings is 1. The van der Waals surface area contributed by atoms with E-state index in [4.69, 9.17) is 0 Å². The van der Waals surface area contributed by atoms with E-state index in [0.717, 1.165) is 0 Å². The van der Waals surface area contributed by atoms with Gasteiger partial charge in [0.2, 0.25) is 5.43 Å². The highest BCUT2D eigenvalue weighted by molar-refractivity contribution is 6.10. The van der Waals surface area contributed by atoms with E-state index in [0.29, 0.717) is 5.56 Å². The van der Waals surface area contributed by atoms with E-state index >= 15 is 0 Å². The summed E-state index contributed by atoms with van der Waals surface area (Å²) in [4.78, 5) is 23.4. The van der Waals surface area contributed by atoms with E-state index in [1.54, 1.807) is 36.4 Å². The molecule has 0 bridgehead atoms. The molecule has 0 atom stereocenters. The van der Waals surface area contributed by atoms with Crippen molar-refractivity contribution in [2.45, 2.75) is 0 Å². The standard InChI is InChI=1S/C14H10O3/c15-12-9-5-4-8-11(14(12)17)13(16)10-6-2-1-3-7-10/h1-9H,(H,15,17). The smallest absolute Gasteiger partial charge is 0.220 e. The third kappa shape index (κ3) is 2.23. The lowest BCUT2D eigenvalue weighted by molar-refractivity contribution is 0.103. The number of carbonyl (C=O) groups excluding carboxylic acids is 1. The molecular formula is C14H10O3. The van der Waals surface area contributed by atoms with Gasteiger partial charge in [0.15, 0.2) is 11.5 Å². The van der Waals surface area contributed by atoms with Gasteiger partial charge in [0.1, 0.15) is 0 Å². The fraction of sp³-hybridized carbons (Fsp3) is 0. The number of ketones is 1. The summed E-state index contributed by atoms with van der Waals surface area (Å²) in [5, 5.41) is 9.66. The molecule has 84 valence electrons. The Morgan fingerprint density at radius 3 is 2.18 bits per heavy atom. The van der Waals surface area contributed by atoms with Crippen molar-refractivity contribution in [1.29, 1.82) is 0 Å². The van der Waals surface area contributed by atoms with Crippen molar-refractivity contribution >= 4 is 5.78 Å². The molecule has 0 aliphatic heterocycles. The van der Waals surface area contributed by atoms with Crippen molar-refractivity contribution in [2.24, 2.45) is 0 Å². The van der Waals surface area contributed by atoms with E-state index < -0.39 is 11.2 Å². The molecule has 0 radical (unpaired) electrons. The molecule has 2 rings (SSSR count). The Morgan fingerprint density at radius 2 is 1.47 bits per heavy atom. The second-order valence-electron chi connectivity index (χ2n) is 3.54. The van der Waals surface area contributed by atoms with Gasteiger partial charge in [0, 0.05) is 5.56 Å². The van der Waals surface area contributed by atoms with Crippen LogP contribution in [0.15, 0.2) is 59.4 Å². The number of carbonyl (C=O) groups is 1. The van der Waals surface area contributed by atoms with Gasteiger partial charge < -0.3 is 5.11 Å². The van der Waals surface area contributed by atoms with Gasteiger partial charge in [-0.15, -0.1) is 0 Å². The molecule has 0 saturated carbocycles. The Kier molecular flexibility index (Phi) is 3.01. The topological polar surface area (TPSA) is 54.4 Å². The van der Waals surface area contributed by atoms with Crippen molar-refractivity contribution in [3.63, 3.8) is 0 Å². The molecule has 0 aliphatic rings. The molecular weight excluding hydrogens is 216 g/mol. The molecule has 0 unspecified atom stereocenters. The molecule has 0 aliphatic carbocycles. The molecule has 3 nitrogen and oxygen atoms in total. The van der Waals surface area contributed by atoms with Gasteiger partial charge in [-0.1, -0.05) is 42.5 Å². The maximum Gasteiger partial charge on any atom is 0.220 e. The van der Waals surface area contributed by atoms with Gasteiger partial charge in [-0.25, -0.2) is 0 Å². The maximum absolute atomic E-state index is 12.1. The second-order valence-corrected chi connectivity index (χ2v) is 3.54. The normalized spacial score (nSPS) is 9.88. The largest absolute Gasteiger partial charge is 0.504 e. The van der Waals surface area contributed by atoms with Crippen LogP contribution in [-0.2, 0) is 0 Å². The number of aromatic hydroxyl groups is 1. The van der Waals surface area contributed by atoms with Crippen molar-refractivity contribution in [2.75, 3.05) is 0 Å². The zero-order valence-corrected chi connectivity index (χ0v) is 8.96. The molecule has 0 aromatic heterocycles. The van der Waals surface area contributed by atoms with Crippen molar-refractivity contribution in [3.05, 3.63) is 75.9 Å². The first kappa shape index (κ1) is 11.1. The summed E-state index contributed by atoms with van der Waals surface area (Å²) in [6.45, 7) is 0. The van der Waals surface area contributed by atoms with Crippen LogP contribution < -0.4 is 5.43 Å². The minimum Gasteiger partial charge on any atom is -0.504 e. The second kappa shape index (κ2) is 4.61. The summed E-state index contributed by atoms with van der Waals surface area (Å²) in [5.41, 5.74) is -0.103. The van der Waals surface area contributed by atoms with Gasteiger partial charge >= 0.3 is 0 Å². The Hall–Kier alpha value is -2.42. The first-order valence-corrected chi connectivity index (χ1v) is 5.12. The highest BCUT2D eigenvalue weighted by Crippen LogP contribution is 2.15. The average molecular weight is 226 g/mol. The molecule has 0 spiro atoms. The molecule has 3 heteroatoms. The Labute approximate surface area is 98.0 Å². The van der Waals surface area contributed by atoms with Crippen LogP contribution in [0, 0.1) is 0 Å². The van der Waals surface area contributed by atoms with Crippen LogP contribution in [0.25, 0.3) is 0 Å². The number of hydrogen-bond donors (Lipinski definition) is 1. The van der Waals surface area contributed by atoms with Crippen LogP contribution in [-0.4, -0.2) is 10.9 Å². The fourth-order valence-electron chi connectivity index (χ4n) is 1.51. The van der Waals surface area contributed by atoms with Crippen LogP contribution in [0.4, 0.5) is 0 Å². The summed E-state index contributed by atoms with van der Waals surface area (Å²) < 4.78 is 0. The highest BCUT2D eigenvalue weighted by atomic mass is 16.3. The van der Waals surface area contributed by atoms with Crippen molar-refractivity contribution < 1.29 is 9.90 Å². The summed E-state index contributed by atoms with van der Waals surface area (Å²) in [5.74, 6) is -0.875. The van der Waals surface area contributed by atoms with E-state index in [1.165, 1.54) is 18.2 Å². The number of rotatable bonds is 2. The predicted octanol–water partition coefficient (Wildman–Crippen LogP) is 1.98. The monoisotopic (exact) mass is 226 g/mol. The summed E-state index contributed by atoms with van der Waals surface area (Å²) in [7, 11) is 0. The van der Waals surface area contributed by atoms with Crippen LogP contribution in [0.2, 0.25) is 0 Å². The highest BCUT2D eigenvalue weighted by Gasteiger charge is 2.13. The Bertz CT molecular complexity index is 603. The zero-order chi connectivity index (χ0) is 12.3. The number of hydrogen-bond acceptors (Lipinski definition) is 3. The SMILES string of the molecule is O=C(c1ccccc1)c1ccccc(=O)c1O. The first-order valence-electron chi connectivity index (χ1n) is 5.12. The van der Waals surface area contributed by atoms with Crippen molar-refractivity contribution in [1.82, 2.24) is 0 Å². The quantitative estimate of drug-likeness (QED) is 0.796. The molecule has 0 heterocycles. The third-order valence-electron chi connectivity index (χ3n) is 2.39. The first-order chi connectivity index (χ1) is 8.20. The maximum atomic E-state index is 12.1. The lowest BCUT2D eigenvalue weighted by atomic mass is 10.0. The molecule has 2 aromatic rings. The molecule has 2 aromatic carbocycles. The zero-order valence-electron chi connectivity index (χ0n) is 8.96. The molecule has 0 saturated heterocycles. The lowest BCUT2D eigenvalue weighted by Gasteiger charge is -2.00. The fourth-order valence-corrected chi connectivity index (χ4v) is 1.51. The van der Waals surface area contributed by atoms with Crippen LogP contribution in [0.3, 0.4) is 0 Å². The summed E-state index contributed by atoms with van der Waals surface area (Å²) in [6, 6.07) is 14.2. The van der Waals surface area contributed by atoms with Gasteiger partial charge in [0.05, 0.1) is 5.56 Å². The average Bonchev–Trinajstić information content (AvgIpc) is 2.53. The summed E-state index contributed by atoms with van der Waals surface area (Å²) >= 11 is 0. The van der Waals surface area contributed by atoms with E-state index in [1.807, 2.05) is 0 Å².